The summed E-state index contributed by atoms with van der Waals surface area (Å²) in [6, 6.07) is 13.6. The van der Waals surface area contributed by atoms with Gasteiger partial charge in [0.2, 0.25) is 0 Å². The van der Waals surface area contributed by atoms with E-state index < -0.39 is 0 Å². The minimum absolute atomic E-state index is 0.713. The van der Waals surface area contributed by atoms with Crippen molar-refractivity contribution in [3.8, 4) is 22.6 Å². The lowest BCUT2D eigenvalue weighted by Crippen LogP contribution is -2.09. The van der Waals surface area contributed by atoms with Crippen molar-refractivity contribution in [1.29, 1.82) is 0 Å². The molecule has 1 N–H and O–H groups in total. The molecule has 7 nitrogen and oxygen atoms in total. The number of hydrogen-bond donors (Lipinski definition) is 1. The molecule has 4 rings (SSSR count). The third kappa shape index (κ3) is 3.46. The Morgan fingerprint density at radius 1 is 0.964 bits per heavy atom. The van der Waals surface area contributed by atoms with Crippen molar-refractivity contribution in [3.63, 3.8) is 0 Å². The summed E-state index contributed by atoms with van der Waals surface area (Å²) in [4.78, 5) is 8.87. The summed E-state index contributed by atoms with van der Waals surface area (Å²) in [6.07, 6.45) is 6.21. The maximum absolute atomic E-state index is 5.54. The van der Waals surface area contributed by atoms with Crippen LogP contribution in [-0.4, -0.2) is 40.3 Å². The summed E-state index contributed by atoms with van der Waals surface area (Å²) in [5, 5.41) is 7.94. The molecule has 3 heterocycles. The first-order valence-electron chi connectivity index (χ1n) is 8.99. The van der Waals surface area contributed by atoms with E-state index in [2.05, 4.69) is 20.4 Å². The number of nitrogens with zero attached hydrogens (tertiary/aromatic N) is 4. The molecule has 0 unspecified atom stereocenters. The van der Waals surface area contributed by atoms with E-state index in [0.717, 1.165) is 47.0 Å². The second kappa shape index (κ2) is 7.96. The molecule has 0 atom stereocenters. The van der Waals surface area contributed by atoms with E-state index >= 15 is 0 Å². The number of benzene rings is 1. The Bertz CT molecular complexity index is 1080. The van der Waals surface area contributed by atoms with Crippen LogP contribution in [0.25, 0.3) is 16.8 Å². The number of anilines is 1. The molecule has 0 aliphatic rings. The first kappa shape index (κ1) is 17.8. The number of rotatable bonds is 7. The van der Waals surface area contributed by atoms with Crippen LogP contribution in [0, 0.1) is 0 Å². The van der Waals surface area contributed by atoms with E-state index in [0.29, 0.717) is 5.75 Å². The highest BCUT2D eigenvalue weighted by Crippen LogP contribution is 2.35. The highest BCUT2D eigenvalue weighted by atomic mass is 16.5. The summed E-state index contributed by atoms with van der Waals surface area (Å²) in [7, 11) is 3.27. The number of hydrogen-bond acceptors (Lipinski definition) is 6. The minimum atomic E-state index is 0.713. The van der Waals surface area contributed by atoms with Gasteiger partial charge in [0.15, 0.2) is 5.65 Å². The molecule has 0 spiro atoms. The molecule has 0 aliphatic heterocycles. The quantitative estimate of drug-likeness (QED) is 0.533. The van der Waals surface area contributed by atoms with Crippen molar-refractivity contribution in [3.05, 3.63) is 66.7 Å². The van der Waals surface area contributed by atoms with Crippen LogP contribution < -0.4 is 14.8 Å². The van der Waals surface area contributed by atoms with Crippen molar-refractivity contribution in [2.24, 2.45) is 0 Å². The van der Waals surface area contributed by atoms with E-state index in [1.165, 1.54) is 0 Å². The van der Waals surface area contributed by atoms with Gasteiger partial charge in [0.25, 0.3) is 0 Å². The van der Waals surface area contributed by atoms with Gasteiger partial charge in [-0.15, -0.1) is 0 Å². The Balaban J connectivity index is 1.62. The molecule has 28 heavy (non-hydrogen) atoms. The predicted octanol–water partition coefficient (Wildman–Crippen LogP) is 3.46. The van der Waals surface area contributed by atoms with Crippen molar-refractivity contribution in [2.45, 2.75) is 6.42 Å². The van der Waals surface area contributed by atoms with Crippen LogP contribution in [0.2, 0.25) is 0 Å². The fraction of sp³-hybridized carbons (Fsp3) is 0.190. The Hall–Kier alpha value is -3.61. The fourth-order valence-corrected chi connectivity index (χ4v) is 3.10. The standard InChI is InChI=1S/C21H21N5O2/c1-27-16-6-7-17(19(13-16)28-2)18-14-25-26-20(9-12-24-21(18)26)23-11-8-15-5-3-4-10-22-15/h3-7,9-10,12-14,23H,8,11H2,1-2H3. The fourth-order valence-electron chi connectivity index (χ4n) is 3.10. The topological polar surface area (TPSA) is 73.6 Å². The van der Waals surface area contributed by atoms with Crippen molar-refractivity contribution < 1.29 is 9.47 Å². The molecule has 0 fully saturated rings. The van der Waals surface area contributed by atoms with Crippen molar-refractivity contribution in [1.82, 2.24) is 19.6 Å². The second-order valence-electron chi connectivity index (χ2n) is 6.19. The van der Waals surface area contributed by atoms with Crippen LogP contribution in [0.15, 0.2) is 61.1 Å². The number of methoxy groups -OCH3 is 2. The summed E-state index contributed by atoms with van der Waals surface area (Å²) < 4.78 is 12.6. The molecule has 0 radical (unpaired) electrons. The van der Waals surface area contributed by atoms with Crippen LogP contribution in [-0.2, 0) is 6.42 Å². The third-order valence-electron chi connectivity index (χ3n) is 4.51. The lowest BCUT2D eigenvalue weighted by molar-refractivity contribution is 0.395. The Kier molecular flexibility index (Phi) is 5.05. The minimum Gasteiger partial charge on any atom is -0.497 e. The van der Waals surface area contributed by atoms with Crippen molar-refractivity contribution >= 4 is 11.5 Å². The van der Waals surface area contributed by atoms with Gasteiger partial charge in [0.05, 0.1) is 26.0 Å². The van der Waals surface area contributed by atoms with Gasteiger partial charge in [-0.25, -0.2) is 4.98 Å². The average molecular weight is 375 g/mol. The van der Waals surface area contributed by atoms with Crippen LogP contribution in [0.3, 0.4) is 0 Å². The molecular formula is C21H21N5O2. The SMILES string of the molecule is COc1ccc(-c2cnn3c(NCCc4ccccn4)ccnc23)c(OC)c1. The molecule has 142 valence electrons. The van der Waals surface area contributed by atoms with E-state index in [1.54, 1.807) is 31.1 Å². The van der Waals surface area contributed by atoms with Gasteiger partial charge in [-0.3, -0.25) is 4.98 Å². The zero-order valence-electron chi connectivity index (χ0n) is 15.8. The molecule has 0 saturated heterocycles. The van der Waals surface area contributed by atoms with Gasteiger partial charge in [0.1, 0.15) is 17.3 Å². The lowest BCUT2D eigenvalue weighted by atomic mass is 10.1. The second-order valence-corrected chi connectivity index (χ2v) is 6.19. The number of aromatic nitrogens is 4. The maximum atomic E-state index is 5.54. The van der Waals surface area contributed by atoms with Crippen LogP contribution in [0.1, 0.15) is 5.69 Å². The monoisotopic (exact) mass is 375 g/mol. The van der Waals surface area contributed by atoms with Crippen molar-refractivity contribution in [2.75, 3.05) is 26.1 Å². The van der Waals surface area contributed by atoms with E-state index in [9.17, 15) is 0 Å². The van der Waals surface area contributed by atoms with Crippen LogP contribution in [0.5, 0.6) is 11.5 Å². The number of ether oxygens (including phenoxy) is 2. The van der Waals surface area contributed by atoms with E-state index in [4.69, 9.17) is 9.47 Å². The van der Waals surface area contributed by atoms with E-state index in [1.807, 2.05) is 48.7 Å². The average Bonchev–Trinajstić information content (AvgIpc) is 3.19. The zero-order chi connectivity index (χ0) is 19.3. The highest BCUT2D eigenvalue weighted by Gasteiger charge is 2.15. The molecule has 7 heteroatoms. The van der Waals surface area contributed by atoms with Gasteiger partial charge in [-0.1, -0.05) is 6.07 Å². The summed E-state index contributed by atoms with van der Waals surface area (Å²) in [5.74, 6) is 2.33. The highest BCUT2D eigenvalue weighted by molar-refractivity contribution is 5.82. The molecule has 0 bridgehead atoms. The van der Waals surface area contributed by atoms with Gasteiger partial charge < -0.3 is 14.8 Å². The molecule has 4 aromatic rings. The summed E-state index contributed by atoms with van der Waals surface area (Å²) >= 11 is 0. The zero-order valence-corrected chi connectivity index (χ0v) is 15.8. The first-order chi connectivity index (χ1) is 13.8. The van der Waals surface area contributed by atoms with E-state index in [-0.39, 0.29) is 0 Å². The van der Waals surface area contributed by atoms with Gasteiger partial charge in [-0.2, -0.15) is 9.61 Å². The Labute approximate surface area is 163 Å². The largest absolute Gasteiger partial charge is 0.497 e. The smallest absolute Gasteiger partial charge is 0.165 e. The first-order valence-corrected chi connectivity index (χ1v) is 8.99. The normalized spacial score (nSPS) is 10.8. The van der Waals surface area contributed by atoms with Gasteiger partial charge >= 0.3 is 0 Å². The number of fused-ring (bicyclic) bond motifs is 1. The molecule has 0 saturated carbocycles. The summed E-state index contributed by atoms with van der Waals surface area (Å²) in [6.45, 7) is 0.747. The molecule has 0 amide bonds. The molecule has 0 aliphatic carbocycles. The number of nitrogens with one attached hydrogen (secondary N) is 1. The Morgan fingerprint density at radius 3 is 2.68 bits per heavy atom. The molecule has 1 aromatic carbocycles. The van der Waals surface area contributed by atoms with Crippen LogP contribution >= 0.6 is 0 Å². The Morgan fingerprint density at radius 2 is 1.89 bits per heavy atom. The maximum Gasteiger partial charge on any atom is 0.165 e. The molecular weight excluding hydrogens is 354 g/mol. The molecule has 3 aromatic heterocycles. The lowest BCUT2D eigenvalue weighted by Gasteiger charge is -2.10. The predicted molar refractivity (Wildman–Crippen MR) is 108 cm³/mol. The van der Waals surface area contributed by atoms with Gasteiger partial charge in [0, 0.05) is 42.7 Å². The van der Waals surface area contributed by atoms with Crippen LogP contribution in [0.4, 0.5) is 5.82 Å². The van der Waals surface area contributed by atoms with Gasteiger partial charge in [-0.05, 0) is 30.3 Å². The number of pyridine rings is 1. The summed E-state index contributed by atoms with van der Waals surface area (Å²) in [5.41, 5.74) is 3.61. The third-order valence-corrected chi connectivity index (χ3v) is 4.51.